The quantitative estimate of drug-likeness (QED) is 0.623. The highest BCUT2D eigenvalue weighted by Gasteiger charge is 2.07. The summed E-state index contributed by atoms with van der Waals surface area (Å²) in [6, 6.07) is 13.5. The van der Waals surface area contributed by atoms with Gasteiger partial charge in [0, 0.05) is 21.4 Å². The first-order chi connectivity index (χ1) is 10.1. The molecule has 0 aliphatic heterocycles. The lowest BCUT2D eigenvalue weighted by molar-refractivity contribution is 1.10. The molecule has 0 saturated carbocycles. The van der Waals surface area contributed by atoms with Gasteiger partial charge in [-0.2, -0.15) is 0 Å². The summed E-state index contributed by atoms with van der Waals surface area (Å²) >= 11 is 15.4. The van der Waals surface area contributed by atoms with Gasteiger partial charge in [-0.1, -0.05) is 39.7 Å². The number of nitrogens with zero attached hydrogens (tertiary/aromatic N) is 2. The van der Waals surface area contributed by atoms with Gasteiger partial charge in [0.05, 0.1) is 5.52 Å². The van der Waals surface area contributed by atoms with Crippen LogP contribution in [-0.4, -0.2) is 9.97 Å². The van der Waals surface area contributed by atoms with E-state index < -0.39 is 0 Å². The second-order valence-corrected chi connectivity index (χ2v) is 6.18. The van der Waals surface area contributed by atoms with Crippen LogP contribution in [-0.2, 0) is 6.54 Å². The summed E-state index contributed by atoms with van der Waals surface area (Å²) in [6.45, 7) is 0.607. The Bertz CT molecular complexity index is 808. The van der Waals surface area contributed by atoms with Crippen molar-refractivity contribution in [2.24, 2.45) is 0 Å². The number of anilines is 1. The Morgan fingerprint density at radius 1 is 1.05 bits per heavy atom. The SMILES string of the molecule is Clc1cccc(CNc2nc(Cl)nc3ccc(Br)cc23)c1. The third kappa shape index (κ3) is 3.46. The number of hydrogen-bond donors (Lipinski definition) is 1. The zero-order valence-corrected chi connectivity index (χ0v) is 13.9. The van der Waals surface area contributed by atoms with E-state index in [-0.39, 0.29) is 5.28 Å². The molecule has 0 fully saturated rings. The summed E-state index contributed by atoms with van der Waals surface area (Å²) in [5.74, 6) is 0.700. The van der Waals surface area contributed by atoms with Crippen molar-refractivity contribution in [3.63, 3.8) is 0 Å². The maximum atomic E-state index is 5.99. The van der Waals surface area contributed by atoms with E-state index in [2.05, 4.69) is 31.2 Å². The molecule has 0 radical (unpaired) electrons. The predicted octanol–water partition coefficient (Wildman–Crippen LogP) is 5.31. The van der Waals surface area contributed by atoms with E-state index in [0.29, 0.717) is 17.4 Å². The lowest BCUT2D eigenvalue weighted by atomic mass is 10.2. The summed E-state index contributed by atoms with van der Waals surface area (Å²) in [6.07, 6.45) is 0. The second-order valence-electron chi connectivity index (χ2n) is 4.49. The fourth-order valence-corrected chi connectivity index (χ4v) is 2.79. The smallest absolute Gasteiger partial charge is 0.224 e. The lowest BCUT2D eigenvalue weighted by Gasteiger charge is -2.09. The Labute approximate surface area is 140 Å². The van der Waals surface area contributed by atoms with E-state index in [9.17, 15) is 0 Å². The zero-order valence-electron chi connectivity index (χ0n) is 10.8. The lowest BCUT2D eigenvalue weighted by Crippen LogP contribution is -2.03. The minimum atomic E-state index is 0.221. The van der Waals surface area contributed by atoms with Gasteiger partial charge < -0.3 is 5.32 Å². The molecule has 2 aromatic carbocycles. The number of benzene rings is 2. The average Bonchev–Trinajstić information content (AvgIpc) is 2.45. The van der Waals surface area contributed by atoms with Gasteiger partial charge in [-0.25, -0.2) is 9.97 Å². The highest BCUT2D eigenvalue weighted by molar-refractivity contribution is 9.10. The second kappa shape index (κ2) is 6.18. The van der Waals surface area contributed by atoms with E-state index in [1.165, 1.54) is 0 Å². The average molecular weight is 383 g/mol. The van der Waals surface area contributed by atoms with Crippen LogP contribution < -0.4 is 5.32 Å². The van der Waals surface area contributed by atoms with Crippen molar-refractivity contribution < 1.29 is 0 Å². The normalized spacial score (nSPS) is 10.8. The Hall–Kier alpha value is -1.36. The molecule has 3 aromatic rings. The highest BCUT2D eigenvalue weighted by Crippen LogP contribution is 2.26. The number of halogens is 3. The Kier molecular flexibility index (Phi) is 4.29. The van der Waals surface area contributed by atoms with Gasteiger partial charge in [-0.15, -0.1) is 0 Å². The summed E-state index contributed by atoms with van der Waals surface area (Å²) in [5, 5.41) is 5.13. The number of rotatable bonds is 3. The van der Waals surface area contributed by atoms with E-state index >= 15 is 0 Å². The molecular formula is C15H10BrCl2N3. The Morgan fingerprint density at radius 2 is 1.90 bits per heavy atom. The number of aromatic nitrogens is 2. The van der Waals surface area contributed by atoms with Gasteiger partial charge in [-0.05, 0) is 47.5 Å². The van der Waals surface area contributed by atoms with E-state index in [1.54, 1.807) is 0 Å². The molecule has 6 heteroatoms. The van der Waals surface area contributed by atoms with E-state index in [1.807, 2.05) is 42.5 Å². The van der Waals surface area contributed by atoms with Crippen LogP contribution >= 0.6 is 39.1 Å². The standard InChI is InChI=1S/C15H10BrCl2N3/c16-10-4-5-13-12(7-10)14(21-15(18)20-13)19-8-9-2-1-3-11(17)6-9/h1-7H,8H2,(H,19,20,21). The van der Waals surface area contributed by atoms with Gasteiger partial charge in [0.1, 0.15) is 5.82 Å². The Balaban J connectivity index is 1.94. The topological polar surface area (TPSA) is 37.8 Å². The molecule has 106 valence electrons. The van der Waals surface area contributed by atoms with Crippen molar-refractivity contribution in [1.82, 2.24) is 9.97 Å². The molecule has 0 saturated heterocycles. The molecule has 0 aliphatic carbocycles. The van der Waals surface area contributed by atoms with Gasteiger partial charge in [0.2, 0.25) is 5.28 Å². The van der Waals surface area contributed by atoms with Crippen LogP contribution in [0.1, 0.15) is 5.56 Å². The first-order valence-corrected chi connectivity index (χ1v) is 7.78. The van der Waals surface area contributed by atoms with Crippen molar-refractivity contribution in [2.75, 3.05) is 5.32 Å². The number of hydrogen-bond acceptors (Lipinski definition) is 3. The van der Waals surface area contributed by atoms with E-state index in [0.717, 1.165) is 20.9 Å². The zero-order chi connectivity index (χ0) is 14.8. The monoisotopic (exact) mass is 381 g/mol. The van der Waals surface area contributed by atoms with Gasteiger partial charge in [0.25, 0.3) is 0 Å². The molecule has 1 aromatic heterocycles. The molecule has 1 N–H and O–H groups in total. The molecule has 0 amide bonds. The first kappa shape index (κ1) is 14.6. The van der Waals surface area contributed by atoms with Crippen molar-refractivity contribution >= 4 is 55.9 Å². The van der Waals surface area contributed by atoms with Crippen LogP contribution in [0.5, 0.6) is 0 Å². The maximum absolute atomic E-state index is 5.99. The number of fused-ring (bicyclic) bond motifs is 1. The molecule has 3 rings (SSSR count). The van der Waals surface area contributed by atoms with Gasteiger partial charge in [0.15, 0.2) is 0 Å². The third-order valence-corrected chi connectivity index (χ3v) is 3.88. The summed E-state index contributed by atoms with van der Waals surface area (Å²) < 4.78 is 0.965. The van der Waals surface area contributed by atoms with Crippen LogP contribution in [0.15, 0.2) is 46.9 Å². The van der Waals surface area contributed by atoms with Gasteiger partial charge >= 0.3 is 0 Å². The highest BCUT2D eigenvalue weighted by atomic mass is 79.9. The predicted molar refractivity (Wildman–Crippen MR) is 91.0 cm³/mol. The maximum Gasteiger partial charge on any atom is 0.224 e. The van der Waals surface area contributed by atoms with Crippen LogP contribution in [0, 0.1) is 0 Å². The molecule has 0 bridgehead atoms. The van der Waals surface area contributed by atoms with Crippen LogP contribution in [0.25, 0.3) is 10.9 Å². The van der Waals surface area contributed by atoms with Crippen molar-refractivity contribution in [3.8, 4) is 0 Å². The van der Waals surface area contributed by atoms with Gasteiger partial charge in [-0.3, -0.25) is 0 Å². The summed E-state index contributed by atoms with van der Waals surface area (Å²) in [4.78, 5) is 8.49. The summed E-state index contributed by atoms with van der Waals surface area (Å²) in [5.41, 5.74) is 1.87. The van der Waals surface area contributed by atoms with Crippen molar-refractivity contribution in [2.45, 2.75) is 6.54 Å². The minimum absolute atomic E-state index is 0.221. The van der Waals surface area contributed by atoms with Crippen molar-refractivity contribution in [3.05, 3.63) is 62.8 Å². The minimum Gasteiger partial charge on any atom is -0.365 e. The Morgan fingerprint density at radius 3 is 2.71 bits per heavy atom. The third-order valence-electron chi connectivity index (χ3n) is 2.98. The fourth-order valence-electron chi connectivity index (χ4n) is 2.04. The van der Waals surface area contributed by atoms with Crippen LogP contribution in [0.3, 0.4) is 0 Å². The fraction of sp³-hybridized carbons (Fsp3) is 0.0667. The van der Waals surface area contributed by atoms with Crippen LogP contribution in [0.4, 0.5) is 5.82 Å². The van der Waals surface area contributed by atoms with Crippen LogP contribution in [0.2, 0.25) is 10.3 Å². The van der Waals surface area contributed by atoms with Crippen molar-refractivity contribution in [1.29, 1.82) is 0 Å². The molecule has 3 nitrogen and oxygen atoms in total. The molecule has 0 aliphatic rings. The summed E-state index contributed by atoms with van der Waals surface area (Å²) in [7, 11) is 0. The molecule has 1 heterocycles. The van der Waals surface area contributed by atoms with E-state index in [4.69, 9.17) is 23.2 Å². The first-order valence-electron chi connectivity index (χ1n) is 6.23. The molecule has 21 heavy (non-hydrogen) atoms. The molecular weight excluding hydrogens is 373 g/mol. The largest absolute Gasteiger partial charge is 0.365 e. The number of nitrogens with one attached hydrogen (secondary N) is 1. The molecule has 0 spiro atoms. The molecule has 0 unspecified atom stereocenters. The molecule has 0 atom stereocenters.